The average molecular weight is 576 g/mol. The maximum absolute atomic E-state index is 5.15. The Labute approximate surface area is 261 Å². The van der Waals surface area contributed by atoms with E-state index in [0.29, 0.717) is 17.5 Å². The lowest BCUT2D eigenvalue weighted by Crippen LogP contribution is -2.14. The van der Waals surface area contributed by atoms with E-state index in [1.165, 1.54) is 33.0 Å². The summed E-state index contributed by atoms with van der Waals surface area (Å²) in [4.78, 5) is 15.4. The van der Waals surface area contributed by atoms with Gasteiger partial charge >= 0.3 is 0 Å². The van der Waals surface area contributed by atoms with Gasteiger partial charge in [0, 0.05) is 22.1 Å². The molecule has 0 spiro atoms. The maximum atomic E-state index is 5.15. The molecule has 0 fully saturated rings. The molecule has 7 aromatic carbocycles. The zero-order valence-corrected chi connectivity index (χ0v) is 25.1. The summed E-state index contributed by atoms with van der Waals surface area (Å²) in [5, 5.41) is 6.96. The van der Waals surface area contributed by atoms with Gasteiger partial charge in [-0.05, 0) is 72.8 Å². The summed E-state index contributed by atoms with van der Waals surface area (Å²) in [5.74, 6) is 2.01. The van der Waals surface area contributed by atoms with Crippen molar-refractivity contribution >= 4 is 32.3 Å². The molecule has 8 aromatic rings. The summed E-state index contributed by atoms with van der Waals surface area (Å²) in [6, 6.07) is 49.6. The number of aromatic nitrogens is 3. The molecule has 0 bridgehead atoms. The minimum atomic E-state index is -0.0631. The standard InChI is InChI=1S/C42H29N3/c1-42(2)37-20-8-7-17-33(37)36-24-28-21-22-29(23-30(28)25-38(36)42)39-43-40(34-18-9-13-26-11-3-5-15-31(26)34)45-41(44-39)35-19-10-14-27-12-4-6-16-32(27)35/h3-25H,1-2H3. The number of hydrogen-bond donors (Lipinski definition) is 0. The molecule has 1 aliphatic rings. The number of hydrogen-bond acceptors (Lipinski definition) is 3. The first-order valence-corrected chi connectivity index (χ1v) is 15.5. The fraction of sp³-hybridized carbons (Fsp3) is 0.0714. The van der Waals surface area contributed by atoms with Crippen LogP contribution >= 0.6 is 0 Å². The smallest absolute Gasteiger partial charge is 0.164 e. The van der Waals surface area contributed by atoms with Crippen molar-refractivity contribution in [1.29, 1.82) is 0 Å². The van der Waals surface area contributed by atoms with Crippen LogP contribution in [0.1, 0.15) is 25.0 Å². The molecular weight excluding hydrogens is 546 g/mol. The minimum Gasteiger partial charge on any atom is -0.208 e. The van der Waals surface area contributed by atoms with Crippen LogP contribution < -0.4 is 0 Å². The molecule has 1 heterocycles. The van der Waals surface area contributed by atoms with E-state index in [-0.39, 0.29) is 5.41 Å². The number of benzene rings is 7. The van der Waals surface area contributed by atoms with E-state index in [1.54, 1.807) is 0 Å². The fourth-order valence-electron chi connectivity index (χ4n) is 7.17. The molecule has 1 aliphatic carbocycles. The third kappa shape index (κ3) is 4.01. The highest BCUT2D eigenvalue weighted by atomic mass is 15.0. The molecule has 0 N–H and O–H groups in total. The van der Waals surface area contributed by atoms with Crippen molar-refractivity contribution in [3.05, 3.63) is 151 Å². The van der Waals surface area contributed by atoms with Gasteiger partial charge in [-0.2, -0.15) is 0 Å². The molecule has 0 saturated heterocycles. The monoisotopic (exact) mass is 575 g/mol. The van der Waals surface area contributed by atoms with Gasteiger partial charge < -0.3 is 0 Å². The molecule has 0 unspecified atom stereocenters. The normalized spacial score (nSPS) is 13.3. The predicted octanol–water partition coefficient (Wildman–Crippen LogP) is 10.6. The molecule has 0 atom stereocenters. The Balaban J connectivity index is 1.27. The van der Waals surface area contributed by atoms with Gasteiger partial charge in [0.2, 0.25) is 0 Å². The third-order valence-electron chi connectivity index (χ3n) is 9.50. The van der Waals surface area contributed by atoms with Gasteiger partial charge in [-0.1, -0.05) is 135 Å². The van der Waals surface area contributed by atoms with Crippen molar-refractivity contribution in [2.75, 3.05) is 0 Å². The number of rotatable bonds is 3. The van der Waals surface area contributed by atoms with Crippen molar-refractivity contribution < 1.29 is 0 Å². The van der Waals surface area contributed by atoms with Gasteiger partial charge in [0.15, 0.2) is 17.5 Å². The molecule has 212 valence electrons. The maximum Gasteiger partial charge on any atom is 0.164 e. The summed E-state index contributed by atoms with van der Waals surface area (Å²) >= 11 is 0. The van der Waals surface area contributed by atoms with Crippen LogP contribution in [-0.4, -0.2) is 15.0 Å². The van der Waals surface area contributed by atoms with Crippen LogP contribution in [0, 0.1) is 0 Å². The Morgan fingerprint density at radius 2 is 0.933 bits per heavy atom. The van der Waals surface area contributed by atoms with Crippen LogP contribution in [0.25, 0.3) is 77.6 Å². The van der Waals surface area contributed by atoms with Gasteiger partial charge in [-0.25, -0.2) is 15.0 Å². The van der Waals surface area contributed by atoms with Crippen LogP contribution in [0.2, 0.25) is 0 Å². The summed E-state index contributed by atoms with van der Waals surface area (Å²) in [6.07, 6.45) is 0. The average Bonchev–Trinajstić information content (AvgIpc) is 3.31. The third-order valence-corrected chi connectivity index (χ3v) is 9.50. The highest BCUT2D eigenvalue weighted by molar-refractivity contribution is 5.98. The van der Waals surface area contributed by atoms with Crippen molar-refractivity contribution in [2.45, 2.75) is 19.3 Å². The first-order chi connectivity index (χ1) is 22.0. The fourth-order valence-corrected chi connectivity index (χ4v) is 7.17. The van der Waals surface area contributed by atoms with Gasteiger partial charge in [-0.15, -0.1) is 0 Å². The lowest BCUT2D eigenvalue weighted by molar-refractivity contribution is 0.661. The summed E-state index contributed by atoms with van der Waals surface area (Å²) in [7, 11) is 0. The van der Waals surface area contributed by atoms with Crippen molar-refractivity contribution in [3.63, 3.8) is 0 Å². The molecule has 9 rings (SSSR count). The first kappa shape index (κ1) is 25.8. The number of fused-ring (bicyclic) bond motifs is 6. The quantitative estimate of drug-likeness (QED) is 0.210. The zero-order valence-electron chi connectivity index (χ0n) is 25.1. The zero-order chi connectivity index (χ0) is 30.1. The second-order valence-corrected chi connectivity index (χ2v) is 12.5. The van der Waals surface area contributed by atoms with Crippen LogP contribution in [0.4, 0.5) is 0 Å². The van der Waals surface area contributed by atoms with Gasteiger partial charge in [0.25, 0.3) is 0 Å². The molecule has 0 radical (unpaired) electrons. The summed E-state index contributed by atoms with van der Waals surface area (Å²) < 4.78 is 0. The van der Waals surface area contributed by atoms with Crippen molar-refractivity contribution in [1.82, 2.24) is 15.0 Å². The van der Waals surface area contributed by atoms with E-state index in [1.807, 2.05) is 0 Å². The largest absolute Gasteiger partial charge is 0.208 e. The topological polar surface area (TPSA) is 38.7 Å². The Kier molecular flexibility index (Phi) is 5.54. The molecule has 1 aromatic heterocycles. The Morgan fingerprint density at radius 3 is 1.62 bits per heavy atom. The van der Waals surface area contributed by atoms with Crippen LogP contribution in [0.15, 0.2) is 140 Å². The molecule has 0 saturated carbocycles. The number of nitrogens with zero attached hydrogens (tertiary/aromatic N) is 3. The molecule has 3 nitrogen and oxygen atoms in total. The predicted molar refractivity (Wildman–Crippen MR) is 186 cm³/mol. The summed E-state index contributed by atoms with van der Waals surface area (Å²) in [6.45, 7) is 4.65. The molecule has 45 heavy (non-hydrogen) atoms. The van der Waals surface area contributed by atoms with Gasteiger partial charge in [-0.3, -0.25) is 0 Å². The second-order valence-electron chi connectivity index (χ2n) is 12.5. The van der Waals surface area contributed by atoms with Crippen molar-refractivity contribution in [3.8, 4) is 45.3 Å². The van der Waals surface area contributed by atoms with E-state index >= 15 is 0 Å². The van der Waals surface area contributed by atoms with Crippen LogP contribution in [-0.2, 0) is 5.41 Å². The van der Waals surface area contributed by atoms with E-state index in [9.17, 15) is 0 Å². The van der Waals surface area contributed by atoms with Crippen LogP contribution in [0.5, 0.6) is 0 Å². The highest BCUT2D eigenvalue weighted by Gasteiger charge is 2.35. The minimum absolute atomic E-state index is 0.0631. The molecule has 0 amide bonds. The molecule has 3 heteroatoms. The van der Waals surface area contributed by atoms with Crippen LogP contribution in [0.3, 0.4) is 0 Å². The lowest BCUT2D eigenvalue weighted by Gasteiger charge is -2.21. The Morgan fingerprint density at radius 1 is 0.378 bits per heavy atom. The molecule has 0 aliphatic heterocycles. The first-order valence-electron chi connectivity index (χ1n) is 15.5. The van der Waals surface area contributed by atoms with E-state index < -0.39 is 0 Å². The molecular formula is C42H29N3. The summed E-state index contributed by atoms with van der Waals surface area (Å²) in [5.41, 5.74) is 8.30. The van der Waals surface area contributed by atoms with E-state index in [0.717, 1.165) is 38.2 Å². The second kappa shape index (κ2) is 9.67. The SMILES string of the molecule is CC1(C)c2ccccc2-c2cc3ccc(-c4nc(-c5cccc6ccccc56)nc(-c5cccc6ccccc56)n4)cc3cc21. The van der Waals surface area contributed by atoms with E-state index in [2.05, 4.69) is 153 Å². The van der Waals surface area contributed by atoms with E-state index in [4.69, 9.17) is 15.0 Å². The highest BCUT2D eigenvalue weighted by Crippen LogP contribution is 2.49. The van der Waals surface area contributed by atoms with Gasteiger partial charge in [0.1, 0.15) is 0 Å². The van der Waals surface area contributed by atoms with Gasteiger partial charge in [0.05, 0.1) is 0 Å². The Bertz CT molecular complexity index is 2360. The lowest BCUT2D eigenvalue weighted by atomic mass is 9.82. The van der Waals surface area contributed by atoms with Crippen molar-refractivity contribution in [2.24, 2.45) is 0 Å². The Hall–Kier alpha value is -5.67.